The molecule has 0 spiro atoms. The van der Waals surface area contributed by atoms with Crippen molar-refractivity contribution in [3.05, 3.63) is 51.4 Å². The predicted octanol–water partition coefficient (Wildman–Crippen LogP) is 4.81. The molecule has 1 aromatic carbocycles. The molecular formula is C19H22ClNO3. The van der Waals surface area contributed by atoms with Crippen molar-refractivity contribution in [3.8, 4) is 0 Å². The molecule has 2 aromatic rings. The second kappa shape index (κ2) is 5.94. The van der Waals surface area contributed by atoms with Gasteiger partial charge in [0.05, 0.1) is 6.10 Å². The van der Waals surface area contributed by atoms with E-state index in [1.165, 1.54) is 0 Å². The first-order valence-corrected chi connectivity index (χ1v) is 8.43. The topological polar surface area (TPSA) is 62.5 Å². The van der Waals surface area contributed by atoms with E-state index in [9.17, 15) is 9.90 Å². The number of hydrogen-bond donors (Lipinski definition) is 2. The van der Waals surface area contributed by atoms with E-state index in [1.54, 1.807) is 12.1 Å². The van der Waals surface area contributed by atoms with Gasteiger partial charge in [0.25, 0.3) is 5.91 Å². The number of carbonyl (C=O) groups is 1. The fourth-order valence-electron chi connectivity index (χ4n) is 3.41. The molecule has 0 radical (unpaired) electrons. The summed E-state index contributed by atoms with van der Waals surface area (Å²) >= 11 is 6.00. The molecule has 0 bridgehead atoms. The molecule has 1 aliphatic carbocycles. The Morgan fingerprint density at radius 3 is 2.79 bits per heavy atom. The van der Waals surface area contributed by atoms with Crippen LogP contribution < -0.4 is 5.32 Å². The lowest BCUT2D eigenvalue weighted by molar-refractivity contribution is 0.0910. The highest BCUT2D eigenvalue weighted by Gasteiger charge is 2.37. The number of rotatable bonds is 2. The average molecular weight is 348 g/mol. The SMILES string of the molecule is Cc1ccc(Cl)cc1NC(=O)c1oc2c(c1C)C(O)CC(C)(C)C2. The fourth-order valence-corrected chi connectivity index (χ4v) is 3.58. The number of aryl methyl sites for hydroxylation is 1. The zero-order chi connectivity index (χ0) is 17.6. The summed E-state index contributed by atoms with van der Waals surface area (Å²) in [6.45, 7) is 7.90. The van der Waals surface area contributed by atoms with Crippen molar-refractivity contribution < 1.29 is 14.3 Å². The Bertz CT molecular complexity index is 807. The van der Waals surface area contributed by atoms with Crippen molar-refractivity contribution in [3.63, 3.8) is 0 Å². The highest BCUT2D eigenvalue weighted by Crippen LogP contribution is 2.44. The summed E-state index contributed by atoms with van der Waals surface area (Å²) in [4.78, 5) is 12.7. The highest BCUT2D eigenvalue weighted by atomic mass is 35.5. The maximum atomic E-state index is 12.7. The van der Waals surface area contributed by atoms with Gasteiger partial charge in [0, 0.05) is 28.3 Å². The largest absolute Gasteiger partial charge is 0.455 e. The minimum Gasteiger partial charge on any atom is -0.455 e. The third-order valence-electron chi connectivity index (χ3n) is 4.64. The zero-order valence-corrected chi connectivity index (χ0v) is 15.1. The minimum atomic E-state index is -0.595. The van der Waals surface area contributed by atoms with Crippen molar-refractivity contribution in [2.45, 2.75) is 46.6 Å². The lowest BCUT2D eigenvalue weighted by atomic mass is 9.75. The molecule has 0 fully saturated rings. The number of amides is 1. The van der Waals surface area contributed by atoms with Crippen molar-refractivity contribution in [1.82, 2.24) is 0 Å². The van der Waals surface area contributed by atoms with Crippen molar-refractivity contribution in [1.29, 1.82) is 0 Å². The summed E-state index contributed by atoms with van der Waals surface area (Å²) in [5, 5.41) is 13.8. The van der Waals surface area contributed by atoms with Gasteiger partial charge in [-0.2, -0.15) is 0 Å². The fraction of sp³-hybridized carbons (Fsp3) is 0.421. The molecule has 3 rings (SSSR count). The summed E-state index contributed by atoms with van der Waals surface area (Å²) in [6, 6.07) is 5.34. The standard InChI is InChI=1S/C19H22ClNO3/c1-10-5-6-12(20)7-13(10)21-18(23)17-11(2)16-14(22)8-19(3,4)9-15(16)24-17/h5-7,14,22H,8-9H2,1-4H3,(H,21,23). The molecule has 24 heavy (non-hydrogen) atoms. The van der Waals surface area contributed by atoms with E-state index in [2.05, 4.69) is 19.2 Å². The zero-order valence-electron chi connectivity index (χ0n) is 14.4. The lowest BCUT2D eigenvalue weighted by Gasteiger charge is -2.31. The average Bonchev–Trinajstić information content (AvgIpc) is 2.78. The molecule has 5 heteroatoms. The normalized spacial score (nSPS) is 19.0. The molecule has 1 unspecified atom stereocenters. The second-order valence-corrected chi connectivity index (χ2v) is 7.80. The van der Waals surface area contributed by atoms with Crippen LogP contribution in [-0.4, -0.2) is 11.0 Å². The van der Waals surface area contributed by atoms with E-state index in [0.717, 1.165) is 11.1 Å². The number of furan rings is 1. The van der Waals surface area contributed by atoms with Crippen LogP contribution >= 0.6 is 11.6 Å². The predicted molar refractivity (Wildman–Crippen MR) is 94.6 cm³/mol. The molecule has 2 N–H and O–H groups in total. The van der Waals surface area contributed by atoms with E-state index in [4.69, 9.17) is 16.0 Å². The number of halogens is 1. The lowest BCUT2D eigenvalue weighted by Crippen LogP contribution is -2.24. The van der Waals surface area contributed by atoms with Gasteiger partial charge < -0.3 is 14.8 Å². The molecule has 128 valence electrons. The third-order valence-corrected chi connectivity index (χ3v) is 4.88. The van der Waals surface area contributed by atoms with E-state index in [-0.39, 0.29) is 17.1 Å². The van der Waals surface area contributed by atoms with Gasteiger partial charge in [0.15, 0.2) is 5.76 Å². The Hall–Kier alpha value is -1.78. The van der Waals surface area contributed by atoms with Crippen molar-refractivity contribution in [2.24, 2.45) is 5.41 Å². The molecule has 1 heterocycles. The first-order valence-electron chi connectivity index (χ1n) is 8.06. The Morgan fingerprint density at radius 2 is 2.08 bits per heavy atom. The maximum Gasteiger partial charge on any atom is 0.291 e. The Balaban J connectivity index is 1.93. The monoisotopic (exact) mass is 347 g/mol. The molecule has 1 aliphatic rings. The van der Waals surface area contributed by atoms with Crippen LogP contribution in [0.3, 0.4) is 0 Å². The summed E-state index contributed by atoms with van der Waals surface area (Å²) < 4.78 is 5.84. The smallest absolute Gasteiger partial charge is 0.291 e. The second-order valence-electron chi connectivity index (χ2n) is 7.37. The Kier molecular flexibility index (Phi) is 4.22. The number of carbonyl (C=O) groups excluding carboxylic acids is 1. The van der Waals surface area contributed by atoms with Gasteiger partial charge in [-0.15, -0.1) is 0 Å². The van der Waals surface area contributed by atoms with Gasteiger partial charge in [0.1, 0.15) is 5.76 Å². The number of nitrogens with one attached hydrogen (secondary N) is 1. The summed E-state index contributed by atoms with van der Waals surface area (Å²) in [6.07, 6.45) is 0.778. The van der Waals surface area contributed by atoms with E-state index in [0.29, 0.717) is 34.9 Å². The van der Waals surface area contributed by atoms with E-state index in [1.807, 2.05) is 19.9 Å². The molecule has 0 saturated heterocycles. The third kappa shape index (κ3) is 3.08. The van der Waals surface area contributed by atoms with Crippen LogP contribution in [0.15, 0.2) is 22.6 Å². The van der Waals surface area contributed by atoms with Gasteiger partial charge in [-0.05, 0) is 43.4 Å². The van der Waals surface area contributed by atoms with Gasteiger partial charge in [0.2, 0.25) is 0 Å². The van der Waals surface area contributed by atoms with Crippen molar-refractivity contribution in [2.75, 3.05) is 5.32 Å². The first kappa shape index (κ1) is 17.1. The van der Waals surface area contributed by atoms with Gasteiger partial charge in [-0.25, -0.2) is 0 Å². The molecule has 4 nitrogen and oxygen atoms in total. The Labute approximate surface area is 146 Å². The van der Waals surface area contributed by atoms with Crippen LogP contribution in [-0.2, 0) is 6.42 Å². The molecule has 0 aliphatic heterocycles. The van der Waals surface area contributed by atoms with E-state index < -0.39 is 6.10 Å². The van der Waals surface area contributed by atoms with Gasteiger partial charge >= 0.3 is 0 Å². The van der Waals surface area contributed by atoms with Crippen LogP contribution in [0.5, 0.6) is 0 Å². The summed E-state index contributed by atoms with van der Waals surface area (Å²) in [5.74, 6) is 0.651. The highest BCUT2D eigenvalue weighted by molar-refractivity contribution is 6.31. The van der Waals surface area contributed by atoms with Crippen molar-refractivity contribution >= 4 is 23.2 Å². The Morgan fingerprint density at radius 1 is 1.38 bits per heavy atom. The molecule has 1 amide bonds. The van der Waals surface area contributed by atoms with Crippen LogP contribution in [0.2, 0.25) is 5.02 Å². The van der Waals surface area contributed by atoms with Gasteiger partial charge in [-0.1, -0.05) is 31.5 Å². The molecule has 0 saturated carbocycles. The number of benzene rings is 1. The van der Waals surface area contributed by atoms with Crippen LogP contribution in [0.1, 0.15) is 59.4 Å². The molecular weight excluding hydrogens is 326 g/mol. The first-order chi connectivity index (χ1) is 11.2. The van der Waals surface area contributed by atoms with Crippen LogP contribution in [0.25, 0.3) is 0 Å². The van der Waals surface area contributed by atoms with Gasteiger partial charge in [-0.3, -0.25) is 4.79 Å². The van der Waals surface area contributed by atoms with E-state index >= 15 is 0 Å². The molecule has 1 atom stereocenters. The van der Waals surface area contributed by atoms with Crippen LogP contribution in [0, 0.1) is 19.3 Å². The minimum absolute atomic E-state index is 0.0476. The molecule has 1 aromatic heterocycles. The number of aliphatic hydroxyl groups is 1. The number of hydrogen-bond acceptors (Lipinski definition) is 3. The number of fused-ring (bicyclic) bond motifs is 1. The number of aliphatic hydroxyl groups excluding tert-OH is 1. The maximum absolute atomic E-state index is 12.7. The summed E-state index contributed by atoms with van der Waals surface area (Å²) in [7, 11) is 0. The summed E-state index contributed by atoms with van der Waals surface area (Å²) in [5.41, 5.74) is 3.01. The quantitative estimate of drug-likeness (QED) is 0.819. The number of anilines is 1. The van der Waals surface area contributed by atoms with Crippen LogP contribution in [0.4, 0.5) is 5.69 Å².